The molecule has 6 nitrogen and oxygen atoms in total. The molecule has 0 saturated carbocycles. The van der Waals surface area contributed by atoms with E-state index in [1.807, 2.05) is 6.92 Å². The summed E-state index contributed by atoms with van der Waals surface area (Å²) in [4.78, 5) is 22.4. The summed E-state index contributed by atoms with van der Waals surface area (Å²) in [5.74, 6) is -0.345. The number of nitrogens with one attached hydrogen (secondary N) is 2. The quantitative estimate of drug-likeness (QED) is 0.627. The van der Waals surface area contributed by atoms with Crippen molar-refractivity contribution in [3.63, 3.8) is 0 Å². The van der Waals surface area contributed by atoms with Crippen LogP contribution in [0.4, 0.5) is 4.79 Å². The maximum Gasteiger partial charge on any atom is 0.421 e. The summed E-state index contributed by atoms with van der Waals surface area (Å²) in [5, 5.41) is 0. The second-order valence-corrected chi connectivity index (χ2v) is 3.83. The molecule has 0 unspecified atom stereocenters. The summed E-state index contributed by atoms with van der Waals surface area (Å²) in [6.45, 7) is 3.98. The zero-order valence-electron chi connectivity index (χ0n) is 11.2. The molecular formula is C13H18N2O4. The summed E-state index contributed by atoms with van der Waals surface area (Å²) in [5.41, 5.74) is 6.59. The van der Waals surface area contributed by atoms with Crippen LogP contribution in [0, 0.1) is 0 Å². The molecule has 0 spiro atoms. The fraction of sp³-hybridized carbons (Fsp3) is 0.385. The van der Waals surface area contributed by atoms with Crippen molar-refractivity contribution in [1.29, 1.82) is 0 Å². The molecule has 0 fully saturated rings. The lowest BCUT2D eigenvalue weighted by Gasteiger charge is -2.14. The van der Waals surface area contributed by atoms with Gasteiger partial charge in [0.05, 0.1) is 19.3 Å². The Morgan fingerprint density at radius 1 is 1.26 bits per heavy atom. The molecule has 0 aromatic heterocycles. The third-order valence-electron chi connectivity index (χ3n) is 2.50. The smallest absolute Gasteiger partial charge is 0.421 e. The van der Waals surface area contributed by atoms with E-state index in [9.17, 15) is 9.59 Å². The Bertz CT molecular complexity index is 431. The van der Waals surface area contributed by atoms with Gasteiger partial charge in [-0.25, -0.2) is 15.0 Å². The van der Waals surface area contributed by atoms with Crippen LogP contribution in [-0.4, -0.2) is 25.8 Å². The van der Waals surface area contributed by atoms with Crippen LogP contribution in [0.2, 0.25) is 0 Å². The predicted molar refractivity (Wildman–Crippen MR) is 69.5 cm³/mol. The molecule has 1 amide bonds. The lowest BCUT2D eigenvalue weighted by molar-refractivity contribution is 0.0526. The van der Waals surface area contributed by atoms with E-state index in [1.54, 1.807) is 31.2 Å². The number of rotatable bonds is 5. The van der Waals surface area contributed by atoms with Gasteiger partial charge in [0.1, 0.15) is 0 Å². The summed E-state index contributed by atoms with van der Waals surface area (Å²) in [6, 6.07) is 6.84. The van der Waals surface area contributed by atoms with Crippen LogP contribution in [0.3, 0.4) is 0 Å². The highest BCUT2D eigenvalue weighted by Gasteiger charge is 2.09. The molecule has 0 radical (unpaired) electrons. The summed E-state index contributed by atoms with van der Waals surface area (Å²) >= 11 is 0. The van der Waals surface area contributed by atoms with Gasteiger partial charge in [-0.05, 0) is 31.5 Å². The van der Waals surface area contributed by atoms with Crippen molar-refractivity contribution < 1.29 is 19.1 Å². The molecule has 19 heavy (non-hydrogen) atoms. The molecular weight excluding hydrogens is 248 g/mol. The van der Waals surface area contributed by atoms with Crippen molar-refractivity contribution in [3.05, 3.63) is 35.4 Å². The average Bonchev–Trinajstić information content (AvgIpc) is 2.44. The van der Waals surface area contributed by atoms with Crippen molar-refractivity contribution in [1.82, 2.24) is 10.9 Å². The molecule has 6 heteroatoms. The average molecular weight is 266 g/mol. The minimum absolute atomic E-state index is 0.115. The number of methoxy groups -OCH3 is 1. The maximum absolute atomic E-state index is 11.5. The van der Waals surface area contributed by atoms with Crippen molar-refractivity contribution in [2.75, 3.05) is 13.7 Å². The van der Waals surface area contributed by atoms with Crippen molar-refractivity contribution >= 4 is 12.1 Å². The largest absolute Gasteiger partial charge is 0.462 e. The maximum atomic E-state index is 11.5. The highest BCUT2D eigenvalue weighted by atomic mass is 16.5. The van der Waals surface area contributed by atoms with E-state index in [-0.39, 0.29) is 12.0 Å². The second kappa shape index (κ2) is 7.38. The molecule has 0 bridgehead atoms. The lowest BCUT2D eigenvalue weighted by atomic mass is 10.1. The molecule has 1 rings (SSSR count). The van der Waals surface area contributed by atoms with Gasteiger partial charge in [-0.15, -0.1) is 0 Å². The molecule has 0 aliphatic rings. The van der Waals surface area contributed by atoms with E-state index in [1.165, 1.54) is 7.11 Å². The van der Waals surface area contributed by atoms with Crippen LogP contribution in [-0.2, 0) is 9.47 Å². The number of esters is 1. The van der Waals surface area contributed by atoms with E-state index in [0.29, 0.717) is 12.2 Å². The monoisotopic (exact) mass is 266 g/mol. The third-order valence-corrected chi connectivity index (χ3v) is 2.50. The zero-order valence-corrected chi connectivity index (χ0v) is 11.2. The van der Waals surface area contributed by atoms with Gasteiger partial charge in [0.25, 0.3) is 0 Å². The van der Waals surface area contributed by atoms with Crippen molar-refractivity contribution in [3.8, 4) is 0 Å². The number of carbonyl (C=O) groups is 2. The number of amides is 1. The van der Waals surface area contributed by atoms with E-state index in [0.717, 1.165) is 5.56 Å². The third kappa shape index (κ3) is 4.59. The van der Waals surface area contributed by atoms with E-state index < -0.39 is 6.09 Å². The molecule has 2 N–H and O–H groups in total. The summed E-state index contributed by atoms with van der Waals surface area (Å²) < 4.78 is 9.33. The molecule has 104 valence electrons. The van der Waals surface area contributed by atoms with Crippen LogP contribution in [0.25, 0.3) is 0 Å². The SMILES string of the molecule is CCOC(=O)c1ccc([C@H](C)NNC(=O)OC)cc1. The van der Waals surface area contributed by atoms with Gasteiger partial charge in [0, 0.05) is 6.04 Å². The Labute approximate surface area is 112 Å². The van der Waals surface area contributed by atoms with Gasteiger partial charge in [0.15, 0.2) is 0 Å². The minimum Gasteiger partial charge on any atom is -0.462 e. The van der Waals surface area contributed by atoms with Gasteiger partial charge >= 0.3 is 12.1 Å². The van der Waals surface area contributed by atoms with Crippen LogP contribution in [0.15, 0.2) is 24.3 Å². The fourth-order valence-corrected chi connectivity index (χ4v) is 1.42. The van der Waals surface area contributed by atoms with Gasteiger partial charge in [-0.2, -0.15) is 0 Å². The molecule has 1 aromatic rings. The molecule has 1 atom stereocenters. The number of hydrogen-bond acceptors (Lipinski definition) is 5. The van der Waals surface area contributed by atoms with Crippen LogP contribution >= 0.6 is 0 Å². The molecule has 0 heterocycles. The number of carbonyl (C=O) groups excluding carboxylic acids is 2. The van der Waals surface area contributed by atoms with Crippen molar-refractivity contribution in [2.24, 2.45) is 0 Å². The van der Waals surface area contributed by atoms with E-state index in [2.05, 4.69) is 15.6 Å². The lowest BCUT2D eigenvalue weighted by Crippen LogP contribution is -2.38. The Morgan fingerprint density at radius 2 is 1.89 bits per heavy atom. The fourth-order valence-electron chi connectivity index (χ4n) is 1.42. The molecule has 0 aliphatic heterocycles. The van der Waals surface area contributed by atoms with Gasteiger partial charge in [-0.3, -0.25) is 5.43 Å². The Balaban J connectivity index is 2.60. The second-order valence-electron chi connectivity index (χ2n) is 3.83. The number of hydrazine groups is 1. The topological polar surface area (TPSA) is 76.7 Å². The van der Waals surface area contributed by atoms with Crippen LogP contribution in [0.1, 0.15) is 35.8 Å². The predicted octanol–water partition coefficient (Wildman–Crippen LogP) is 1.78. The first kappa shape index (κ1) is 15.0. The number of benzene rings is 1. The van der Waals surface area contributed by atoms with E-state index >= 15 is 0 Å². The highest BCUT2D eigenvalue weighted by molar-refractivity contribution is 5.89. The minimum atomic E-state index is -0.560. The normalized spacial score (nSPS) is 11.5. The van der Waals surface area contributed by atoms with Gasteiger partial charge in [-0.1, -0.05) is 12.1 Å². The summed E-state index contributed by atoms with van der Waals surface area (Å²) in [7, 11) is 1.29. The first-order valence-corrected chi connectivity index (χ1v) is 5.95. The molecule has 0 aliphatic carbocycles. The first-order chi connectivity index (χ1) is 9.08. The molecule has 1 aromatic carbocycles. The van der Waals surface area contributed by atoms with Gasteiger partial charge in [0.2, 0.25) is 0 Å². The Kier molecular flexibility index (Phi) is 5.81. The standard InChI is InChI=1S/C13H18N2O4/c1-4-19-12(16)11-7-5-10(6-8-11)9(2)14-15-13(17)18-3/h5-9,14H,4H2,1-3H3,(H,15,17)/t9-/m0/s1. The number of hydrogen-bond donors (Lipinski definition) is 2. The zero-order chi connectivity index (χ0) is 14.3. The van der Waals surface area contributed by atoms with Gasteiger partial charge < -0.3 is 9.47 Å². The van der Waals surface area contributed by atoms with Crippen LogP contribution in [0.5, 0.6) is 0 Å². The Hall–Kier alpha value is -2.08. The number of ether oxygens (including phenoxy) is 2. The first-order valence-electron chi connectivity index (χ1n) is 5.95. The molecule has 0 saturated heterocycles. The summed E-state index contributed by atoms with van der Waals surface area (Å²) in [6.07, 6.45) is -0.560. The van der Waals surface area contributed by atoms with E-state index in [4.69, 9.17) is 4.74 Å². The van der Waals surface area contributed by atoms with Crippen molar-refractivity contribution in [2.45, 2.75) is 19.9 Å². The highest BCUT2D eigenvalue weighted by Crippen LogP contribution is 2.13. The van der Waals surface area contributed by atoms with Crippen LogP contribution < -0.4 is 10.9 Å². The Morgan fingerprint density at radius 3 is 2.42 bits per heavy atom.